The van der Waals surface area contributed by atoms with E-state index in [0.717, 1.165) is 33.4 Å². The van der Waals surface area contributed by atoms with Crippen molar-refractivity contribution in [3.05, 3.63) is 194 Å². The van der Waals surface area contributed by atoms with E-state index in [1.807, 2.05) is 29.5 Å². The third kappa shape index (κ3) is 5.48. The minimum absolute atomic E-state index is 0.629. The van der Waals surface area contributed by atoms with E-state index in [2.05, 4.69) is 180 Å². The molecular weight excluding hydrogens is 701 g/mol. The molecule has 0 saturated heterocycles. The van der Waals surface area contributed by atoms with Crippen molar-refractivity contribution in [1.29, 1.82) is 0 Å². The molecule has 0 saturated carbocycles. The van der Waals surface area contributed by atoms with Crippen molar-refractivity contribution in [2.24, 2.45) is 0 Å². The number of rotatable bonds is 6. The van der Waals surface area contributed by atoms with Gasteiger partial charge < -0.3 is 4.57 Å². The predicted octanol–water partition coefficient (Wildman–Crippen LogP) is 13.7. The Morgan fingerprint density at radius 1 is 0.339 bits per heavy atom. The van der Waals surface area contributed by atoms with Crippen LogP contribution in [0.1, 0.15) is 0 Å². The average molecular weight is 733 g/mol. The van der Waals surface area contributed by atoms with Crippen molar-refractivity contribution >= 4 is 53.3 Å². The SMILES string of the molecule is c1ccc(-c2cc(-c3ccccc3)c3sc4ccc(-c5nc(-c6ccccc6)nc(-c6cccc(-n7c8ccccc8c8ccccc87)c6)n5)cc4c3c2)cc1. The summed E-state index contributed by atoms with van der Waals surface area (Å²) in [4.78, 5) is 15.5. The van der Waals surface area contributed by atoms with Crippen molar-refractivity contribution in [3.63, 3.8) is 0 Å². The van der Waals surface area contributed by atoms with Gasteiger partial charge in [-0.1, -0.05) is 140 Å². The van der Waals surface area contributed by atoms with Crippen molar-refractivity contribution in [3.8, 4) is 62.1 Å². The van der Waals surface area contributed by atoms with Crippen LogP contribution >= 0.6 is 11.3 Å². The Balaban J connectivity index is 1.10. The van der Waals surface area contributed by atoms with E-state index in [1.54, 1.807) is 0 Å². The van der Waals surface area contributed by atoms with E-state index >= 15 is 0 Å². The third-order valence-corrected chi connectivity index (χ3v) is 11.9. The normalized spacial score (nSPS) is 11.6. The van der Waals surface area contributed by atoms with Crippen LogP contribution in [0, 0.1) is 0 Å². The Labute approximate surface area is 327 Å². The maximum Gasteiger partial charge on any atom is 0.164 e. The second kappa shape index (κ2) is 13.3. The van der Waals surface area contributed by atoms with Gasteiger partial charge in [-0.25, -0.2) is 15.0 Å². The largest absolute Gasteiger partial charge is 0.309 e. The second-order valence-electron chi connectivity index (χ2n) is 14.0. The summed E-state index contributed by atoms with van der Waals surface area (Å²) in [6, 6.07) is 68.6. The number of benzene rings is 8. The van der Waals surface area contributed by atoms with Crippen molar-refractivity contribution < 1.29 is 0 Å². The average Bonchev–Trinajstić information content (AvgIpc) is 3.82. The Morgan fingerprint density at radius 3 is 1.52 bits per heavy atom. The Morgan fingerprint density at radius 2 is 0.857 bits per heavy atom. The van der Waals surface area contributed by atoms with Crippen LogP contribution in [0.3, 0.4) is 0 Å². The standard InChI is InChI=1S/C51H32N4S/c1-4-15-33(16-5-1)38-31-42(34-17-6-2-7-18-34)48-44(32-38)43-30-37(27-28-47(43)56-48)51-53-49(35-19-8-3-9-20-35)52-50(54-51)36-21-14-22-39(29-36)55-45-25-12-10-23-40(45)41-24-11-13-26-46(41)55/h1-32H. The second-order valence-corrected chi connectivity index (χ2v) is 15.1. The van der Waals surface area contributed by atoms with E-state index in [-0.39, 0.29) is 0 Å². The van der Waals surface area contributed by atoms with Gasteiger partial charge >= 0.3 is 0 Å². The maximum atomic E-state index is 5.22. The van der Waals surface area contributed by atoms with Crippen molar-refractivity contribution in [2.45, 2.75) is 0 Å². The topological polar surface area (TPSA) is 43.6 Å². The van der Waals surface area contributed by atoms with E-state index in [1.165, 1.54) is 53.2 Å². The van der Waals surface area contributed by atoms with E-state index < -0.39 is 0 Å². The molecule has 4 nitrogen and oxygen atoms in total. The first-order chi connectivity index (χ1) is 27.7. The highest BCUT2D eigenvalue weighted by molar-refractivity contribution is 7.26. The number of aromatic nitrogens is 4. The fourth-order valence-electron chi connectivity index (χ4n) is 7.98. The molecule has 0 aliphatic heterocycles. The van der Waals surface area contributed by atoms with Crippen LogP contribution in [-0.4, -0.2) is 19.5 Å². The quantitative estimate of drug-likeness (QED) is 0.171. The van der Waals surface area contributed by atoms with E-state index in [9.17, 15) is 0 Å². The lowest BCUT2D eigenvalue weighted by Gasteiger charge is -2.12. The maximum absolute atomic E-state index is 5.22. The smallest absolute Gasteiger partial charge is 0.164 e. The van der Waals surface area contributed by atoms with Crippen molar-refractivity contribution in [1.82, 2.24) is 19.5 Å². The van der Waals surface area contributed by atoms with Gasteiger partial charge in [-0.2, -0.15) is 0 Å². The van der Waals surface area contributed by atoms with Crippen LogP contribution in [0.2, 0.25) is 0 Å². The van der Waals surface area contributed by atoms with Gasteiger partial charge in [-0.15, -0.1) is 11.3 Å². The van der Waals surface area contributed by atoms with Gasteiger partial charge in [0, 0.05) is 58.9 Å². The predicted molar refractivity (Wildman–Crippen MR) is 234 cm³/mol. The van der Waals surface area contributed by atoms with Gasteiger partial charge in [0.25, 0.3) is 0 Å². The van der Waals surface area contributed by atoms with Crippen LogP contribution in [0.15, 0.2) is 194 Å². The Hall–Kier alpha value is -7.21. The molecule has 0 N–H and O–H groups in total. The molecule has 0 fully saturated rings. The van der Waals surface area contributed by atoms with Crippen LogP contribution in [0.5, 0.6) is 0 Å². The molecule has 0 spiro atoms. The first-order valence-electron chi connectivity index (χ1n) is 18.8. The zero-order chi connectivity index (χ0) is 37.0. The molecule has 0 aliphatic carbocycles. The Bertz CT molecular complexity index is 3190. The molecule has 3 heterocycles. The molecule has 0 radical (unpaired) electrons. The third-order valence-electron chi connectivity index (χ3n) is 10.6. The van der Waals surface area contributed by atoms with Gasteiger partial charge in [-0.05, 0) is 71.3 Å². The van der Waals surface area contributed by atoms with Crippen LogP contribution in [0.4, 0.5) is 0 Å². The lowest BCUT2D eigenvalue weighted by atomic mass is 9.96. The molecule has 5 heteroatoms. The molecule has 0 bridgehead atoms. The van der Waals surface area contributed by atoms with Crippen LogP contribution in [0.25, 0.3) is 104 Å². The molecule has 0 aliphatic rings. The monoisotopic (exact) mass is 732 g/mol. The highest BCUT2D eigenvalue weighted by Crippen LogP contribution is 2.44. The molecule has 11 rings (SSSR count). The molecule has 11 aromatic rings. The van der Waals surface area contributed by atoms with Gasteiger partial charge in [0.2, 0.25) is 0 Å². The minimum Gasteiger partial charge on any atom is -0.309 e. The molecule has 56 heavy (non-hydrogen) atoms. The zero-order valence-corrected chi connectivity index (χ0v) is 31.0. The molecule has 0 atom stereocenters. The fourth-order valence-corrected chi connectivity index (χ4v) is 9.18. The van der Waals surface area contributed by atoms with Gasteiger partial charge in [0.1, 0.15) is 0 Å². The lowest BCUT2D eigenvalue weighted by Crippen LogP contribution is -2.01. The number of fused-ring (bicyclic) bond motifs is 6. The highest BCUT2D eigenvalue weighted by Gasteiger charge is 2.18. The first kappa shape index (κ1) is 32.2. The molecule has 0 unspecified atom stereocenters. The zero-order valence-electron chi connectivity index (χ0n) is 30.2. The molecule has 8 aromatic carbocycles. The number of thiophene rings is 1. The van der Waals surface area contributed by atoms with E-state index in [0.29, 0.717) is 17.5 Å². The summed E-state index contributed by atoms with van der Waals surface area (Å²) in [5, 5.41) is 4.87. The summed E-state index contributed by atoms with van der Waals surface area (Å²) >= 11 is 1.84. The number of hydrogen-bond donors (Lipinski definition) is 0. The van der Waals surface area contributed by atoms with Crippen molar-refractivity contribution in [2.75, 3.05) is 0 Å². The number of nitrogens with zero attached hydrogens (tertiary/aromatic N) is 4. The van der Waals surface area contributed by atoms with Crippen LogP contribution in [-0.2, 0) is 0 Å². The summed E-state index contributed by atoms with van der Waals surface area (Å²) in [6.45, 7) is 0. The highest BCUT2D eigenvalue weighted by atomic mass is 32.1. The summed E-state index contributed by atoms with van der Waals surface area (Å²) in [7, 11) is 0. The van der Waals surface area contributed by atoms with Gasteiger partial charge in [0.05, 0.1) is 11.0 Å². The van der Waals surface area contributed by atoms with E-state index in [4.69, 9.17) is 15.0 Å². The molecule has 262 valence electrons. The minimum atomic E-state index is 0.629. The summed E-state index contributed by atoms with van der Waals surface area (Å²) in [6.07, 6.45) is 0. The summed E-state index contributed by atoms with van der Waals surface area (Å²) < 4.78 is 4.83. The molecular formula is C51H32N4S. The van der Waals surface area contributed by atoms with Gasteiger partial charge in [0.15, 0.2) is 17.5 Å². The Kier molecular flexibility index (Phi) is 7.64. The molecule has 0 amide bonds. The summed E-state index contributed by atoms with van der Waals surface area (Å²) in [5.41, 5.74) is 11.0. The number of para-hydroxylation sites is 2. The van der Waals surface area contributed by atoms with Gasteiger partial charge in [-0.3, -0.25) is 0 Å². The molecule has 3 aromatic heterocycles. The van der Waals surface area contributed by atoms with Crippen LogP contribution < -0.4 is 0 Å². The summed E-state index contributed by atoms with van der Waals surface area (Å²) in [5.74, 6) is 1.91. The lowest BCUT2D eigenvalue weighted by molar-refractivity contribution is 1.07. The fraction of sp³-hybridized carbons (Fsp3) is 0. The first-order valence-corrected chi connectivity index (χ1v) is 19.6. The number of hydrogen-bond acceptors (Lipinski definition) is 4.